The van der Waals surface area contributed by atoms with Crippen LogP contribution in [-0.2, 0) is 0 Å². The maximum absolute atomic E-state index is 4.93. The summed E-state index contributed by atoms with van der Waals surface area (Å²) in [6.45, 7) is 6.63. The highest BCUT2D eigenvalue weighted by molar-refractivity contribution is 5.78. The first-order valence-corrected chi connectivity index (χ1v) is 8.84. The molecule has 0 radical (unpaired) electrons. The van der Waals surface area contributed by atoms with E-state index in [9.17, 15) is 0 Å². The van der Waals surface area contributed by atoms with E-state index in [0.717, 1.165) is 34.3 Å². The maximum atomic E-state index is 4.93. The van der Waals surface area contributed by atoms with Gasteiger partial charge in [0.25, 0.3) is 0 Å². The van der Waals surface area contributed by atoms with E-state index in [0.29, 0.717) is 12.1 Å². The zero-order valence-corrected chi connectivity index (χ0v) is 14.6. The fourth-order valence-electron chi connectivity index (χ4n) is 3.89. The number of aryl methyl sites for hydroxylation is 1. The number of nitrogens with zero attached hydrogens (tertiary/aromatic N) is 3. The van der Waals surface area contributed by atoms with Crippen molar-refractivity contribution in [2.45, 2.75) is 52.1 Å². The highest BCUT2D eigenvalue weighted by atomic mass is 15.3. The van der Waals surface area contributed by atoms with Crippen molar-refractivity contribution < 1.29 is 0 Å². The van der Waals surface area contributed by atoms with Crippen molar-refractivity contribution >= 4 is 5.82 Å². The van der Waals surface area contributed by atoms with Gasteiger partial charge in [-0.15, -0.1) is 0 Å². The van der Waals surface area contributed by atoms with Crippen LogP contribution >= 0.6 is 0 Å². The number of hydrogen-bond acceptors (Lipinski definition) is 3. The van der Waals surface area contributed by atoms with Crippen molar-refractivity contribution in [3.63, 3.8) is 0 Å². The Morgan fingerprint density at radius 1 is 1.04 bits per heavy atom. The van der Waals surface area contributed by atoms with E-state index in [1.54, 1.807) is 0 Å². The molecule has 1 aromatic carbocycles. The number of aromatic amines is 1. The van der Waals surface area contributed by atoms with Gasteiger partial charge >= 0.3 is 0 Å². The van der Waals surface area contributed by atoms with Crippen LogP contribution in [0.15, 0.2) is 36.4 Å². The maximum Gasteiger partial charge on any atom is 0.159 e. The third-order valence-electron chi connectivity index (χ3n) is 5.08. The van der Waals surface area contributed by atoms with Crippen LogP contribution in [-0.4, -0.2) is 27.0 Å². The standard InChI is InChI=1S/C20H24N4/c1-13-8-7-9-14(2)24(13)20-19-18(21-15(3)22-20)12-17(23-19)16-10-5-4-6-11-16/h4-6,10-14H,7-9H2,1-3H3,(H,21,22)/t13-,14+. The molecule has 4 heteroatoms. The van der Waals surface area contributed by atoms with Crippen LogP contribution in [0.3, 0.4) is 0 Å². The molecule has 1 N–H and O–H groups in total. The quantitative estimate of drug-likeness (QED) is 0.747. The number of rotatable bonds is 2. The van der Waals surface area contributed by atoms with Gasteiger partial charge < -0.3 is 9.88 Å². The second-order valence-electron chi connectivity index (χ2n) is 6.95. The van der Waals surface area contributed by atoms with E-state index < -0.39 is 0 Å². The molecule has 1 aromatic rings. The number of hydrogen-bond donors (Lipinski definition) is 1. The van der Waals surface area contributed by atoms with Gasteiger partial charge in [0, 0.05) is 17.6 Å². The minimum Gasteiger partial charge on any atom is -0.349 e. The van der Waals surface area contributed by atoms with Gasteiger partial charge in [-0.25, -0.2) is 9.97 Å². The molecule has 2 atom stereocenters. The zero-order valence-electron chi connectivity index (χ0n) is 14.6. The summed E-state index contributed by atoms with van der Waals surface area (Å²) in [5.74, 6) is 1.97. The normalized spacial score (nSPS) is 21.4. The van der Waals surface area contributed by atoms with E-state index in [1.807, 2.05) is 13.0 Å². The average molecular weight is 320 g/mol. The number of nitrogens with one attached hydrogen (secondary N) is 1. The Bertz CT molecular complexity index is 798. The van der Waals surface area contributed by atoms with E-state index in [2.05, 4.69) is 54.1 Å². The lowest BCUT2D eigenvalue weighted by molar-refractivity contribution is 0.411. The van der Waals surface area contributed by atoms with Crippen LogP contribution in [0.4, 0.5) is 5.82 Å². The molecular weight excluding hydrogens is 296 g/mol. The molecule has 0 aromatic heterocycles. The van der Waals surface area contributed by atoms with Crippen molar-refractivity contribution in [2.75, 3.05) is 4.90 Å². The molecule has 0 unspecified atom stereocenters. The Morgan fingerprint density at radius 2 is 1.75 bits per heavy atom. The summed E-state index contributed by atoms with van der Waals surface area (Å²) in [7, 11) is 0. The zero-order chi connectivity index (χ0) is 16.7. The third kappa shape index (κ3) is 2.56. The number of piperidine rings is 1. The highest BCUT2D eigenvalue weighted by Crippen LogP contribution is 2.37. The molecule has 0 saturated carbocycles. The topological polar surface area (TPSA) is 44.8 Å². The highest BCUT2D eigenvalue weighted by Gasteiger charge is 2.30. The summed E-state index contributed by atoms with van der Waals surface area (Å²) in [5, 5.41) is 0. The lowest BCUT2D eigenvalue weighted by Gasteiger charge is -2.40. The van der Waals surface area contributed by atoms with E-state index in [1.165, 1.54) is 19.3 Å². The number of aromatic nitrogens is 3. The second-order valence-corrected chi connectivity index (χ2v) is 6.95. The van der Waals surface area contributed by atoms with Gasteiger partial charge in [0.1, 0.15) is 11.5 Å². The van der Waals surface area contributed by atoms with E-state index in [-0.39, 0.29) is 0 Å². The molecule has 4 rings (SSSR count). The van der Waals surface area contributed by atoms with Crippen LogP contribution in [0.1, 0.15) is 38.9 Å². The van der Waals surface area contributed by atoms with Crippen LogP contribution in [0, 0.1) is 6.92 Å². The van der Waals surface area contributed by atoms with Gasteiger partial charge in [-0.2, -0.15) is 0 Å². The molecular formula is C20H24N4. The van der Waals surface area contributed by atoms with Gasteiger partial charge in [0.05, 0.1) is 11.4 Å². The van der Waals surface area contributed by atoms with Crippen molar-refractivity contribution in [2.24, 2.45) is 0 Å². The van der Waals surface area contributed by atoms with Crippen molar-refractivity contribution in [3.05, 3.63) is 42.2 Å². The first kappa shape index (κ1) is 15.2. The molecule has 0 aliphatic carbocycles. The predicted octanol–water partition coefficient (Wildman–Crippen LogP) is 4.65. The fraction of sp³-hybridized carbons (Fsp3) is 0.400. The summed E-state index contributed by atoms with van der Waals surface area (Å²) in [4.78, 5) is 15.6. The molecule has 0 amide bonds. The Labute approximate surface area is 143 Å². The summed E-state index contributed by atoms with van der Waals surface area (Å²) in [5.41, 5.74) is 4.21. The van der Waals surface area contributed by atoms with Gasteiger partial charge in [0.2, 0.25) is 0 Å². The van der Waals surface area contributed by atoms with Gasteiger partial charge in [-0.1, -0.05) is 30.3 Å². The molecule has 3 heterocycles. The Hall–Kier alpha value is -2.36. The molecule has 0 spiro atoms. The lowest BCUT2D eigenvalue weighted by atomic mass is 9.97. The second kappa shape index (κ2) is 5.93. The molecule has 4 nitrogen and oxygen atoms in total. The number of fused-ring (bicyclic) bond motifs is 1. The van der Waals surface area contributed by atoms with Gasteiger partial charge in [-0.3, -0.25) is 0 Å². The van der Waals surface area contributed by atoms with Gasteiger partial charge in [-0.05, 0) is 46.1 Å². The molecule has 0 bridgehead atoms. The number of anilines is 1. The molecule has 124 valence electrons. The summed E-state index contributed by atoms with van der Waals surface area (Å²) in [6.07, 6.45) is 3.73. The van der Waals surface area contributed by atoms with Crippen LogP contribution in [0.5, 0.6) is 0 Å². The molecule has 1 fully saturated rings. The number of benzene rings is 1. The Morgan fingerprint density at radius 3 is 2.46 bits per heavy atom. The summed E-state index contributed by atoms with van der Waals surface area (Å²) >= 11 is 0. The van der Waals surface area contributed by atoms with Crippen LogP contribution in [0.25, 0.3) is 22.6 Å². The molecule has 1 saturated heterocycles. The van der Waals surface area contributed by atoms with Gasteiger partial charge in [0.15, 0.2) is 5.82 Å². The predicted molar refractivity (Wildman–Crippen MR) is 98.4 cm³/mol. The SMILES string of the molecule is Cc1nc(N2[C@H](C)CCC[C@@H]2C)c2nc(-c3ccccc3)cc-2[nH]1. The average Bonchev–Trinajstić information content (AvgIpc) is 2.99. The Kier molecular flexibility index (Phi) is 3.75. The minimum absolute atomic E-state index is 0.503. The van der Waals surface area contributed by atoms with Crippen LogP contribution < -0.4 is 4.90 Å². The first-order valence-electron chi connectivity index (χ1n) is 8.84. The molecule has 3 aliphatic rings. The van der Waals surface area contributed by atoms with E-state index in [4.69, 9.17) is 9.97 Å². The lowest BCUT2D eigenvalue weighted by Crippen LogP contribution is -2.44. The molecule has 24 heavy (non-hydrogen) atoms. The first-order chi connectivity index (χ1) is 11.6. The molecule has 3 aliphatic heterocycles. The van der Waals surface area contributed by atoms with Crippen molar-refractivity contribution in [1.82, 2.24) is 15.0 Å². The van der Waals surface area contributed by atoms with Crippen molar-refractivity contribution in [1.29, 1.82) is 0 Å². The minimum atomic E-state index is 0.503. The van der Waals surface area contributed by atoms with Crippen molar-refractivity contribution in [3.8, 4) is 22.6 Å². The fourth-order valence-corrected chi connectivity index (χ4v) is 3.89. The Balaban J connectivity index is 1.85. The van der Waals surface area contributed by atoms with E-state index >= 15 is 0 Å². The third-order valence-corrected chi connectivity index (χ3v) is 5.08. The van der Waals surface area contributed by atoms with Crippen LogP contribution in [0.2, 0.25) is 0 Å². The smallest absolute Gasteiger partial charge is 0.159 e. The summed E-state index contributed by atoms with van der Waals surface area (Å²) in [6, 6.07) is 13.5. The summed E-state index contributed by atoms with van der Waals surface area (Å²) < 4.78 is 0. The number of H-pyrrole nitrogens is 1. The monoisotopic (exact) mass is 320 g/mol. The largest absolute Gasteiger partial charge is 0.349 e.